The van der Waals surface area contributed by atoms with Crippen LogP contribution in [0.15, 0.2) is 144 Å². The average molecular weight is 788 g/mol. The zero-order valence-electron chi connectivity index (χ0n) is 34.3. The summed E-state index contributed by atoms with van der Waals surface area (Å²) in [6.45, 7) is 0. The fourth-order valence-corrected chi connectivity index (χ4v) is 12.1. The Morgan fingerprint density at radius 3 is 2.38 bits per heavy atom. The van der Waals surface area contributed by atoms with Crippen LogP contribution in [-0.2, 0) is 24.0 Å². The number of nitriles is 1. The first-order valence-corrected chi connectivity index (χ1v) is 22.8. The van der Waals surface area contributed by atoms with Gasteiger partial charge in [0.2, 0.25) is 0 Å². The Morgan fingerprint density at radius 1 is 0.750 bits per heavy atom. The van der Waals surface area contributed by atoms with E-state index in [2.05, 4.69) is 147 Å². The molecule has 8 aliphatic rings. The van der Waals surface area contributed by atoms with Gasteiger partial charge >= 0.3 is 0 Å². The van der Waals surface area contributed by atoms with Crippen LogP contribution < -0.4 is 10.6 Å². The second-order valence-corrected chi connectivity index (χ2v) is 18.2. The van der Waals surface area contributed by atoms with Crippen molar-refractivity contribution in [2.24, 2.45) is 17.8 Å². The zero-order chi connectivity index (χ0) is 39.7. The third-order valence-corrected chi connectivity index (χ3v) is 15.0. The van der Waals surface area contributed by atoms with Crippen molar-refractivity contribution in [3.05, 3.63) is 166 Å². The molecule has 0 saturated carbocycles. The molecule has 2 aromatic carbocycles. The quantitative estimate of drug-likeness (QED) is 0.198. The van der Waals surface area contributed by atoms with Crippen molar-refractivity contribution in [1.82, 2.24) is 19.8 Å². The Labute approximate surface area is 353 Å². The van der Waals surface area contributed by atoms with Gasteiger partial charge in [-0.15, -0.1) is 0 Å². The largest absolute Gasteiger partial charge is 0.465 e. The van der Waals surface area contributed by atoms with E-state index < -0.39 is 0 Å². The van der Waals surface area contributed by atoms with Crippen LogP contribution in [0.25, 0.3) is 33.6 Å². The molecule has 2 aliphatic heterocycles. The first kappa shape index (κ1) is 36.3. The molecule has 1 saturated heterocycles. The molecular weight excluding hydrogens is 735 g/mol. The highest BCUT2D eigenvalue weighted by atomic mass is 16.5. The molecule has 4 aromatic rings. The van der Waals surface area contributed by atoms with Crippen LogP contribution in [0.3, 0.4) is 0 Å². The highest BCUT2D eigenvalue weighted by Gasteiger charge is 2.41. The lowest BCUT2D eigenvalue weighted by Crippen LogP contribution is -2.53. The van der Waals surface area contributed by atoms with Gasteiger partial charge in [0.25, 0.3) is 0 Å². The highest BCUT2D eigenvalue weighted by molar-refractivity contribution is 6.08. The highest BCUT2D eigenvalue weighted by Crippen LogP contribution is 2.48. The van der Waals surface area contributed by atoms with Crippen LogP contribution in [0.4, 0.5) is 0 Å². The van der Waals surface area contributed by atoms with E-state index in [1.165, 1.54) is 69.2 Å². The molecule has 6 nitrogen and oxygen atoms in total. The van der Waals surface area contributed by atoms with Gasteiger partial charge in [-0.05, 0) is 129 Å². The topological polar surface area (TPSA) is 66.9 Å². The third-order valence-electron chi connectivity index (χ3n) is 15.0. The standard InChI is InChI=1S/C54H53N5O/c55-33-36-30-43(45-29-28-44(56-54(57-45)34-14-2-1-3-15-34)35-26-27-42-41-20-8-13-25-52(41)60-53(42)31-35)51(59-48-23-11-6-18-39(48)40-19-7-12-24-49(40)59)32-50(36)58-46-21-9-4-16-37(46)38-17-5-10-22-47(38)58/h2,6-9,11-14,18-19,21,23-26,28-31,34,41-42,44-45,51,54,56-57H,1,3-5,10,15-17,20,22,27,32H2. The van der Waals surface area contributed by atoms with E-state index in [1.807, 2.05) is 0 Å². The molecule has 0 bridgehead atoms. The molecule has 60 heavy (non-hydrogen) atoms. The molecule has 2 aromatic heterocycles. The van der Waals surface area contributed by atoms with Crippen LogP contribution in [-0.4, -0.2) is 27.4 Å². The summed E-state index contributed by atoms with van der Waals surface area (Å²) in [5.41, 5.74) is 12.8. The monoisotopic (exact) mass is 787 g/mol. The van der Waals surface area contributed by atoms with Crippen molar-refractivity contribution in [2.75, 3.05) is 0 Å². The van der Waals surface area contributed by atoms with Gasteiger partial charge in [-0.2, -0.15) is 5.26 Å². The summed E-state index contributed by atoms with van der Waals surface area (Å²) < 4.78 is 11.7. The fraction of sp³-hybridized carbons (Fsp3) is 0.352. The Morgan fingerprint density at radius 2 is 1.55 bits per heavy atom. The minimum atomic E-state index is -0.100. The predicted molar refractivity (Wildman–Crippen MR) is 242 cm³/mol. The van der Waals surface area contributed by atoms with Gasteiger partial charge in [-0.1, -0.05) is 85.0 Å². The smallest absolute Gasteiger partial charge is 0.108 e. The molecule has 12 rings (SSSR count). The van der Waals surface area contributed by atoms with Crippen LogP contribution in [0.2, 0.25) is 0 Å². The lowest BCUT2D eigenvalue weighted by Gasteiger charge is -2.37. The SMILES string of the molecule is N#CC1=C(n2c3c(c4c2CCCC4)CCC=C3)CC(n2c3ccccc3c3ccccc32)C(C2C=CC(C3=CCC4C(=C3)OC3=CC=CCC34)NC(C3C=CCCC3)N2)=C1. The second-order valence-electron chi connectivity index (χ2n) is 18.2. The Hall–Kier alpha value is -5.61. The number of rotatable bonds is 5. The van der Waals surface area contributed by atoms with Crippen molar-refractivity contribution in [3.63, 3.8) is 0 Å². The summed E-state index contributed by atoms with van der Waals surface area (Å²) in [4.78, 5) is 0. The normalized spacial score (nSPS) is 29.4. The van der Waals surface area contributed by atoms with E-state index in [1.54, 1.807) is 5.56 Å². The van der Waals surface area contributed by atoms with Gasteiger partial charge in [0.15, 0.2) is 0 Å². The van der Waals surface area contributed by atoms with Crippen LogP contribution in [0.1, 0.15) is 86.3 Å². The summed E-state index contributed by atoms with van der Waals surface area (Å²) in [6.07, 6.45) is 41.1. The average Bonchev–Trinajstić information content (AvgIpc) is 3.90. The summed E-state index contributed by atoms with van der Waals surface area (Å²) in [6, 6.07) is 20.5. The van der Waals surface area contributed by atoms with E-state index in [4.69, 9.17) is 4.74 Å². The lowest BCUT2D eigenvalue weighted by atomic mass is 9.81. The number of para-hydroxylation sites is 2. The van der Waals surface area contributed by atoms with Gasteiger partial charge in [0.05, 0.1) is 29.9 Å². The van der Waals surface area contributed by atoms with Crippen LogP contribution >= 0.6 is 0 Å². The van der Waals surface area contributed by atoms with Gasteiger partial charge in [0, 0.05) is 63.1 Å². The third kappa shape index (κ3) is 5.88. The second kappa shape index (κ2) is 14.8. The van der Waals surface area contributed by atoms with Crippen molar-refractivity contribution in [2.45, 2.75) is 101 Å². The lowest BCUT2D eigenvalue weighted by molar-refractivity contribution is 0.304. The molecule has 0 radical (unpaired) electrons. The molecule has 1 fully saturated rings. The van der Waals surface area contributed by atoms with Crippen molar-refractivity contribution >= 4 is 33.6 Å². The van der Waals surface area contributed by atoms with E-state index in [0.717, 1.165) is 80.6 Å². The number of hydrogen-bond acceptors (Lipinski definition) is 4. The van der Waals surface area contributed by atoms with Gasteiger partial charge in [-0.3, -0.25) is 10.6 Å². The molecule has 2 N–H and O–H groups in total. The maximum Gasteiger partial charge on any atom is 0.108 e. The maximum atomic E-state index is 11.2. The molecule has 300 valence electrons. The first-order chi connectivity index (χ1) is 29.7. The number of nitrogens with one attached hydrogen (secondary N) is 2. The number of benzene rings is 2. The summed E-state index contributed by atoms with van der Waals surface area (Å²) in [5, 5.41) is 22.1. The molecule has 6 heteroatoms. The van der Waals surface area contributed by atoms with Crippen molar-refractivity contribution < 1.29 is 4.74 Å². The minimum Gasteiger partial charge on any atom is -0.465 e. The molecule has 4 heterocycles. The zero-order valence-corrected chi connectivity index (χ0v) is 34.3. The van der Waals surface area contributed by atoms with E-state index in [0.29, 0.717) is 17.8 Å². The first-order valence-electron chi connectivity index (χ1n) is 22.8. The van der Waals surface area contributed by atoms with Crippen molar-refractivity contribution in [3.8, 4) is 6.07 Å². The molecule has 0 amide bonds. The van der Waals surface area contributed by atoms with Gasteiger partial charge in [0.1, 0.15) is 17.6 Å². The Bertz CT molecular complexity index is 2710. The fourth-order valence-electron chi connectivity index (χ4n) is 12.1. The van der Waals surface area contributed by atoms with Crippen molar-refractivity contribution in [1.29, 1.82) is 5.26 Å². The summed E-state index contributed by atoms with van der Waals surface area (Å²) >= 11 is 0. The number of hydrogen-bond donors (Lipinski definition) is 2. The van der Waals surface area contributed by atoms with Gasteiger partial charge in [-0.25, -0.2) is 0 Å². The number of aromatic nitrogens is 2. The van der Waals surface area contributed by atoms with Crippen LogP contribution in [0, 0.1) is 29.1 Å². The Balaban J connectivity index is 1.02. The molecule has 7 atom stereocenters. The minimum absolute atomic E-state index is 0.0248. The van der Waals surface area contributed by atoms with Crippen LogP contribution in [0.5, 0.6) is 0 Å². The van der Waals surface area contributed by atoms with E-state index in [9.17, 15) is 5.26 Å². The van der Waals surface area contributed by atoms with Gasteiger partial charge < -0.3 is 13.9 Å². The number of ether oxygens (including phenoxy) is 1. The molecule has 0 spiro atoms. The van der Waals surface area contributed by atoms with E-state index >= 15 is 0 Å². The number of nitrogens with zero attached hydrogens (tertiary/aromatic N) is 3. The summed E-state index contributed by atoms with van der Waals surface area (Å²) in [7, 11) is 0. The Kier molecular flexibility index (Phi) is 8.96. The molecular formula is C54H53N5O. The number of allylic oxidation sites excluding steroid dienone is 11. The molecule has 6 aliphatic carbocycles. The van der Waals surface area contributed by atoms with E-state index in [-0.39, 0.29) is 24.3 Å². The number of fused-ring (bicyclic) bond motifs is 9. The maximum absolute atomic E-state index is 11.2. The predicted octanol–water partition coefficient (Wildman–Crippen LogP) is 11.2. The summed E-state index contributed by atoms with van der Waals surface area (Å²) in [5.74, 6) is 3.45. The molecule has 7 unspecified atom stereocenters.